The van der Waals surface area contributed by atoms with Crippen LogP contribution < -0.4 is 0 Å². The van der Waals surface area contributed by atoms with E-state index in [0.717, 1.165) is 0 Å². The molecule has 0 N–H and O–H groups in total. The second-order valence-electron chi connectivity index (χ2n) is 19.0. The Balaban J connectivity index is 0.977. The van der Waals surface area contributed by atoms with Gasteiger partial charge in [-0.1, -0.05) is 194 Å². The molecule has 0 bridgehead atoms. The first kappa shape index (κ1) is 38.6. The lowest BCUT2D eigenvalue weighted by molar-refractivity contribution is 0.770. The second-order valence-corrected chi connectivity index (χ2v) is 19.0. The highest BCUT2D eigenvalue weighted by molar-refractivity contribution is 5.97. The van der Waals surface area contributed by atoms with Crippen LogP contribution in [-0.2, 0) is 10.8 Å². The van der Waals surface area contributed by atoms with Crippen molar-refractivity contribution < 1.29 is 0 Å². The van der Waals surface area contributed by atoms with Crippen LogP contribution in [0.4, 0.5) is 0 Å². The molecule has 0 spiro atoms. The molecule has 0 saturated heterocycles. The maximum absolute atomic E-state index is 2.47. The Morgan fingerprint density at radius 1 is 0.227 bits per heavy atom. The van der Waals surface area contributed by atoms with E-state index in [9.17, 15) is 0 Å². The van der Waals surface area contributed by atoms with Gasteiger partial charge in [0.2, 0.25) is 0 Å². The van der Waals surface area contributed by atoms with E-state index in [4.69, 9.17) is 0 Å². The Hall–Kier alpha value is -7.80. The van der Waals surface area contributed by atoms with Crippen LogP contribution in [0.15, 0.2) is 218 Å². The molecule has 13 rings (SSSR count). The lowest BCUT2D eigenvalue weighted by Gasteiger charge is -2.34. The number of hydrogen-bond donors (Lipinski definition) is 0. The highest BCUT2D eigenvalue weighted by atomic mass is 14.5. The minimum atomic E-state index is -0.516. The molecule has 0 radical (unpaired) electrons. The third kappa shape index (κ3) is 5.39. The Labute approximate surface area is 387 Å². The highest BCUT2D eigenvalue weighted by Crippen LogP contribution is 2.59. The summed E-state index contributed by atoms with van der Waals surface area (Å²) >= 11 is 0. The summed E-state index contributed by atoms with van der Waals surface area (Å²) in [6, 6.07) is 83.6. The van der Waals surface area contributed by atoms with Crippen molar-refractivity contribution in [3.63, 3.8) is 0 Å². The molecule has 66 heavy (non-hydrogen) atoms. The van der Waals surface area contributed by atoms with Crippen molar-refractivity contribution in [3.8, 4) is 33.4 Å². The monoisotopic (exact) mass is 840 g/mol. The van der Waals surface area contributed by atoms with Crippen LogP contribution in [0.25, 0.3) is 65.7 Å². The van der Waals surface area contributed by atoms with Gasteiger partial charge in [0, 0.05) is 0 Å². The zero-order valence-electron chi connectivity index (χ0n) is 37.8. The van der Waals surface area contributed by atoms with E-state index in [2.05, 4.69) is 246 Å². The fraction of sp³-hybridized carbons (Fsp3) is 0.0909. The quantitative estimate of drug-likeness (QED) is 0.162. The largest absolute Gasteiger partial charge is 0.0714 e. The predicted molar refractivity (Wildman–Crippen MR) is 278 cm³/mol. The van der Waals surface area contributed by atoms with Gasteiger partial charge in [-0.25, -0.2) is 0 Å². The van der Waals surface area contributed by atoms with Gasteiger partial charge in [0.25, 0.3) is 0 Å². The summed E-state index contributed by atoms with van der Waals surface area (Å²) in [5, 5.41) is 7.64. The van der Waals surface area contributed by atoms with E-state index in [1.54, 1.807) is 0 Å². The molecule has 2 aliphatic carbocycles. The third-order valence-corrected chi connectivity index (χ3v) is 15.6. The fourth-order valence-corrected chi connectivity index (χ4v) is 12.1. The van der Waals surface area contributed by atoms with Gasteiger partial charge >= 0.3 is 0 Å². The summed E-state index contributed by atoms with van der Waals surface area (Å²) in [6.07, 6.45) is 0. The number of fused-ring (bicyclic) bond motifs is 9. The van der Waals surface area contributed by atoms with E-state index in [1.807, 2.05) is 0 Å². The average Bonchev–Trinajstić information content (AvgIpc) is 3.82. The molecule has 0 nitrogen and oxygen atoms in total. The molecule has 0 saturated carbocycles. The Kier molecular flexibility index (Phi) is 8.40. The Morgan fingerprint density at radius 3 is 1.02 bits per heavy atom. The first-order valence-corrected chi connectivity index (χ1v) is 23.4. The highest BCUT2D eigenvalue weighted by Gasteiger charge is 2.47. The molecule has 11 aromatic rings. The van der Waals surface area contributed by atoms with E-state index in [1.165, 1.54) is 132 Å². The predicted octanol–water partition coefficient (Wildman–Crippen LogP) is 16.8. The number of rotatable bonds is 5. The molecule has 2 aliphatic rings. The maximum atomic E-state index is 2.47. The molecule has 11 aromatic carbocycles. The van der Waals surface area contributed by atoms with Gasteiger partial charge in [0.15, 0.2) is 0 Å². The standard InChI is InChI=1S/C66H48/c1-41-33-49-25-31-55(37-51(49)35-43(41)3)65(61-18-10-7-15-57(61)58-16-8-11-19-62(58)65)53-27-21-45(22-28-53)46-23-29-54(30-24-46)66(56-32-26-50-34-42(2)44(4)36-52(50)38-56)63-20-12-9-17-59(63)60-39-47-13-5-6-14-48(47)40-64(60)66/h5-40H,1-4H3. The maximum Gasteiger partial charge on any atom is 0.0714 e. The number of benzene rings is 11. The number of aryl methyl sites for hydroxylation is 4. The first-order chi connectivity index (χ1) is 32.3. The van der Waals surface area contributed by atoms with E-state index < -0.39 is 10.8 Å². The lowest BCUT2D eigenvalue weighted by Crippen LogP contribution is -2.28. The summed E-state index contributed by atoms with van der Waals surface area (Å²) in [5.74, 6) is 0. The third-order valence-electron chi connectivity index (χ3n) is 15.6. The Bertz CT molecular complexity index is 3740. The zero-order chi connectivity index (χ0) is 44.3. The van der Waals surface area contributed by atoms with Crippen molar-refractivity contribution in [2.24, 2.45) is 0 Å². The van der Waals surface area contributed by atoms with Crippen molar-refractivity contribution in [3.05, 3.63) is 285 Å². The second kappa shape index (κ2) is 14.4. The summed E-state index contributed by atoms with van der Waals surface area (Å²) in [4.78, 5) is 0. The molecule has 1 atom stereocenters. The van der Waals surface area contributed by atoms with Gasteiger partial charge in [-0.05, 0) is 184 Å². The lowest BCUT2D eigenvalue weighted by atomic mass is 9.67. The molecular weight excluding hydrogens is 793 g/mol. The van der Waals surface area contributed by atoms with E-state index in [-0.39, 0.29) is 0 Å². The van der Waals surface area contributed by atoms with Gasteiger partial charge in [-0.2, -0.15) is 0 Å². The smallest absolute Gasteiger partial charge is 0.0619 e. The van der Waals surface area contributed by atoms with E-state index >= 15 is 0 Å². The molecular formula is C66H48. The molecule has 0 aliphatic heterocycles. The topological polar surface area (TPSA) is 0 Å². The van der Waals surface area contributed by atoms with E-state index in [0.29, 0.717) is 0 Å². The average molecular weight is 841 g/mol. The minimum absolute atomic E-state index is 0.473. The Morgan fingerprint density at radius 2 is 0.561 bits per heavy atom. The molecule has 0 heterocycles. The van der Waals surface area contributed by atoms with Gasteiger partial charge in [0.05, 0.1) is 10.8 Å². The molecule has 0 amide bonds. The summed E-state index contributed by atoms with van der Waals surface area (Å²) in [5.41, 5.74) is 22.4. The summed E-state index contributed by atoms with van der Waals surface area (Å²) < 4.78 is 0. The van der Waals surface area contributed by atoms with Gasteiger partial charge in [-0.3, -0.25) is 0 Å². The van der Waals surface area contributed by atoms with Crippen LogP contribution >= 0.6 is 0 Å². The van der Waals surface area contributed by atoms with Crippen LogP contribution in [0.3, 0.4) is 0 Å². The summed E-state index contributed by atoms with van der Waals surface area (Å²) in [6.45, 7) is 8.87. The molecule has 0 heteroatoms. The first-order valence-electron chi connectivity index (χ1n) is 23.4. The zero-order valence-corrected chi connectivity index (χ0v) is 37.8. The van der Waals surface area contributed by atoms with Crippen LogP contribution in [-0.4, -0.2) is 0 Å². The van der Waals surface area contributed by atoms with Crippen LogP contribution in [0.1, 0.15) is 66.8 Å². The number of hydrogen-bond acceptors (Lipinski definition) is 0. The summed E-state index contributed by atoms with van der Waals surface area (Å²) in [7, 11) is 0. The van der Waals surface area contributed by atoms with Crippen LogP contribution in [0.5, 0.6) is 0 Å². The van der Waals surface area contributed by atoms with Crippen LogP contribution in [0.2, 0.25) is 0 Å². The molecule has 0 aromatic heterocycles. The van der Waals surface area contributed by atoms with Gasteiger partial charge in [0.1, 0.15) is 0 Å². The molecule has 1 unspecified atom stereocenters. The van der Waals surface area contributed by atoms with Crippen molar-refractivity contribution in [1.29, 1.82) is 0 Å². The van der Waals surface area contributed by atoms with Crippen molar-refractivity contribution in [1.82, 2.24) is 0 Å². The SMILES string of the molecule is Cc1cc2ccc(C3(c4ccc(-c5ccc(C6(c7ccc8cc(C)c(C)cc8c7)c7ccccc7-c7cc8ccccc8cc76)cc5)cc4)c4ccccc4-c4ccccc43)cc2cc1C. The molecule has 312 valence electrons. The normalized spacial score (nSPS) is 15.5. The van der Waals surface area contributed by atoms with Crippen molar-refractivity contribution in [2.75, 3.05) is 0 Å². The van der Waals surface area contributed by atoms with Gasteiger partial charge < -0.3 is 0 Å². The van der Waals surface area contributed by atoms with Crippen LogP contribution in [0, 0.1) is 27.7 Å². The minimum Gasteiger partial charge on any atom is -0.0619 e. The fourth-order valence-electron chi connectivity index (χ4n) is 12.1. The van der Waals surface area contributed by atoms with Crippen molar-refractivity contribution >= 4 is 32.3 Å². The van der Waals surface area contributed by atoms with Gasteiger partial charge in [-0.15, -0.1) is 0 Å². The van der Waals surface area contributed by atoms with Crippen molar-refractivity contribution in [2.45, 2.75) is 38.5 Å². The molecule has 0 fully saturated rings.